The molecule has 1 atom stereocenters. The van der Waals surface area contributed by atoms with Crippen molar-refractivity contribution in [2.45, 2.75) is 43.9 Å². The van der Waals surface area contributed by atoms with Crippen molar-refractivity contribution in [3.63, 3.8) is 0 Å². The molecule has 0 saturated carbocycles. The summed E-state index contributed by atoms with van der Waals surface area (Å²) in [7, 11) is 4.04. The Morgan fingerprint density at radius 2 is 2.04 bits per heavy atom. The SMILES string of the molecule is CN(C)CCCCN1C(=O)CC2(CCCc3ccc(O)cc32)C1=O. The summed E-state index contributed by atoms with van der Waals surface area (Å²) in [4.78, 5) is 29.2. The largest absolute Gasteiger partial charge is 0.508 e. The number of rotatable bonds is 5. The number of carbonyl (C=O) groups is 2. The van der Waals surface area contributed by atoms with Gasteiger partial charge in [-0.3, -0.25) is 14.5 Å². The number of aryl methyl sites for hydroxylation is 1. The summed E-state index contributed by atoms with van der Waals surface area (Å²) >= 11 is 0. The van der Waals surface area contributed by atoms with Crippen LogP contribution in [-0.2, 0) is 21.4 Å². The van der Waals surface area contributed by atoms with E-state index in [4.69, 9.17) is 0 Å². The van der Waals surface area contributed by atoms with Gasteiger partial charge in [0.05, 0.1) is 5.41 Å². The highest BCUT2D eigenvalue weighted by Gasteiger charge is 2.53. The van der Waals surface area contributed by atoms with Crippen molar-refractivity contribution in [3.05, 3.63) is 29.3 Å². The van der Waals surface area contributed by atoms with E-state index in [9.17, 15) is 14.7 Å². The minimum Gasteiger partial charge on any atom is -0.508 e. The Bertz CT molecular complexity index is 656. The zero-order valence-electron chi connectivity index (χ0n) is 14.5. The number of fused-ring (bicyclic) bond motifs is 2. The first-order valence-corrected chi connectivity index (χ1v) is 8.76. The van der Waals surface area contributed by atoms with Crippen LogP contribution in [0.3, 0.4) is 0 Å². The lowest BCUT2D eigenvalue weighted by Crippen LogP contribution is -2.41. The van der Waals surface area contributed by atoms with E-state index in [0.29, 0.717) is 13.0 Å². The van der Waals surface area contributed by atoms with Crippen molar-refractivity contribution in [1.82, 2.24) is 9.80 Å². The van der Waals surface area contributed by atoms with Gasteiger partial charge < -0.3 is 10.0 Å². The van der Waals surface area contributed by atoms with Gasteiger partial charge in [0, 0.05) is 13.0 Å². The summed E-state index contributed by atoms with van der Waals surface area (Å²) < 4.78 is 0. The summed E-state index contributed by atoms with van der Waals surface area (Å²) in [5, 5.41) is 9.86. The van der Waals surface area contributed by atoms with E-state index < -0.39 is 5.41 Å². The van der Waals surface area contributed by atoms with Gasteiger partial charge >= 0.3 is 0 Å². The maximum absolute atomic E-state index is 13.1. The van der Waals surface area contributed by atoms with Crippen LogP contribution in [0.4, 0.5) is 0 Å². The number of amides is 2. The molecule has 1 unspecified atom stereocenters. The highest BCUT2D eigenvalue weighted by atomic mass is 16.3. The highest BCUT2D eigenvalue weighted by Crippen LogP contribution is 2.46. The number of carbonyl (C=O) groups excluding carboxylic acids is 2. The van der Waals surface area contributed by atoms with Crippen molar-refractivity contribution in [2.24, 2.45) is 0 Å². The average Bonchev–Trinajstić information content (AvgIpc) is 2.76. The third kappa shape index (κ3) is 2.93. The lowest BCUT2D eigenvalue weighted by Gasteiger charge is -2.33. The molecule has 0 radical (unpaired) electrons. The van der Waals surface area contributed by atoms with E-state index in [0.717, 1.165) is 43.4 Å². The minimum absolute atomic E-state index is 0.0658. The number of imide groups is 1. The second kappa shape index (κ2) is 6.55. The summed E-state index contributed by atoms with van der Waals surface area (Å²) in [5.74, 6) is 0.0321. The van der Waals surface area contributed by atoms with Crippen LogP contribution in [0.15, 0.2) is 18.2 Å². The van der Waals surface area contributed by atoms with E-state index in [1.54, 1.807) is 12.1 Å². The van der Waals surface area contributed by atoms with Gasteiger partial charge in [0.2, 0.25) is 11.8 Å². The molecule has 2 aliphatic rings. The van der Waals surface area contributed by atoms with Crippen LogP contribution in [0.5, 0.6) is 5.75 Å². The first-order chi connectivity index (χ1) is 11.4. The number of hydrogen-bond donors (Lipinski definition) is 1. The fraction of sp³-hybridized carbons (Fsp3) is 0.579. The monoisotopic (exact) mass is 330 g/mol. The van der Waals surface area contributed by atoms with Crippen molar-refractivity contribution in [3.8, 4) is 5.75 Å². The van der Waals surface area contributed by atoms with Crippen LogP contribution in [0.1, 0.15) is 43.2 Å². The Hall–Kier alpha value is -1.88. The van der Waals surface area contributed by atoms with Gasteiger partial charge in [0.15, 0.2) is 0 Å². The number of phenolic OH excluding ortho intramolecular Hbond substituents is 1. The number of nitrogens with zero attached hydrogens (tertiary/aromatic N) is 2. The number of likely N-dealkylation sites (tertiary alicyclic amines) is 1. The number of aromatic hydroxyl groups is 1. The third-order valence-electron chi connectivity index (χ3n) is 5.30. The molecule has 2 amide bonds. The van der Waals surface area contributed by atoms with Gasteiger partial charge in [-0.05, 0) is 76.0 Å². The predicted molar refractivity (Wildman–Crippen MR) is 91.8 cm³/mol. The van der Waals surface area contributed by atoms with E-state index in [-0.39, 0.29) is 24.0 Å². The molecule has 130 valence electrons. The van der Waals surface area contributed by atoms with Gasteiger partial charge in [-0.1, -0.05) is 6.07 Å². The molecule has 3 rings (SSSR count). The standard InChI is InChI=1S/C19H26N2O3/c1-20(2)10-3-4-11-21-17(23)13-19(18(21)24)9-5-6-14-7-8-15(22)12-16(14)19/h7-8,12,22H,3-6,9-11,13H2,1-2H3. The average molecular weight is 330 g/mol. The first kappa shape index (κ1) is 17.0. The Balaban J connectivity index is 1.80. The normalized spacial score (nSPS) is 23.4. The Kier molecular flexibility index (Phi) is 4.63. The Labute approximate surface area is 143 Å². The molecular formula is C19H26N2O3. The van der Waals surface area contributed by atoms with Gasteiger partial charge in [-0.15, -0.1) is 0 Å². The van der Waals surface area contributed by atoms with Crippen molar-refractivity contribution in [1.29, 1.82) is 0 Å². The number of benzene rings is 1. The summed E-state index contributed by atoms with van der Waals surface area (Å²) in [5.41, 5.74) is 1.21. The molecule has 1 heterocycles. The fourth-order valence-electron chi connectivity index (χ4n) is 4.07. The number of unbranched alkanes of at least 4 members (excludes halogenated alkanes) is 1. The first-order valence-electron chi connectivity index (χ1n) is 8.76. The molecule has 1 aliphatic carbocycles. The fourth-order valence-corrected chi connectivity index (χ4v) is 4.07. The molecule has 24 heavy (non-hydrogen) atoms. The zero-order chi connectivity index (χ0) is 17.3. The highest BCUT2D eigenvalue weighted by molar-refractivity contribution is 6.09. The molecule has 5 nitrogen and oxygen atoms in total. The van der Waals surface area contributed by atoms with Gasteiger partial charge in [-0.2, -0.15) is 0 Å². The van der Waals surface area contributed by atoms with Crippen molar-refractivity contribution < 1.29 is 14.7 Å². The number of hydrogen-bond acceptors (Lipinski definition) is 4. The predicted octanol–water partition coefficient (Wildman–Crippen LogP) is 2.07. The van der Waals surface area contributed by atoms with Crippen LogP contribution >= 0.6 is 0 Å². The molecule has 1 fully saturated rings. The third-order valence-corrected chi connectivity index (χ3v) is 5.30. The van der Waals surface area contributed by atoms with Gasteiger partial charge in [-0.25, -0.2) is 0 Å². The molecule has 1 N–H and O–H groups in total. The second-order valence-corrected chi connectivity index (χ2v) is 7.31. The molecule has 1 aromatic carbocycles. The van der Waals surface area contributed by atoms with Crippen LogP contribution in [-0.4, -0.2) is 53.9 Å². The quantitative estimate of drug-likeness (QED) is 0.663. The Morgan fingerprint density at radius 1 is 1.25 bits per heavy atom. The van der Waals surface area contributed by atoms with E-state index in [1.807, 2.05) is 20.2 Å². The van der Waals surface area contributed by atoms with Crippen molar-refractivity contribution >= 4 is 11.8 Å². The van der Waals surface area contributed by atoms with Crippen molar-refractivity contribution in [2.75, 3.05) is 27.2 Å². The molecular weight excluding hydrogens is 304 g/mol. The molecule has 0 bridgehead atoms. The van der Waals surface area contributed by atoms with Crippen LogP contribution in [0, 0.1) is 0 Å². The second-order valence-electron chi connectivity index (χ2n) is 7.31. The molecule has 1 aromatic rings. The van der Waals surface area contributed by atoms with Gasteiger partial charge in [0.1, 0.15) is 5.75 Å². The van der Waals surface area contributed by atoms with E-state index >= 15 is 0 Å². The van der Waals surface area contributed by atoms with E-state index in [1.165, 1.54) is 4.90 Å². The maximum Gasteiger partial charge on any atom is 0.240 e. The van der Waals surface area contributed by atoms with Crippen LogP contribution < -0.4 is 0 Å². The Morgan fingerprint density at radius 3 is 2.79 bits per heavy atom. The van der Waals surface area contributed by atoms with Gasteiger partial charge in [0.25, 0.3) is 0 Å². The smallest absolute Gasteiger partial charge is 0.240 e. The minimum atomic E-state index is -0.745. The molecule has 1 saturated heterocycles. The molecule has 0 aromatic heterocycles. The number of phenols is 1. The zero-order valence-corrected chi connectivity index (χ0v) is 14.5. The van der Waals surface area contributed by atoms with Crippen LogP contribution in [0.25, 0.3) is 0 Å². The molecule has 5 heteroatoms. The van der Waals surface area contributed by atoms with Crippen LogP contribution in [0.2, 0.25) is 0 Å². The van der Waals surface area contributed by atoms with E-state index in [2.05, 4.69) is 4.90 Å². The summed E-state index contributed by atoms with van der Waals surface area (Å²) in [6, 6.07) is 5.25. The lowest BCUT2D eigenvalue weighted by atomic mass is 9.69. The topological polar surface area (TPSA) is 60.9 Å². The summed E-state index contributed by atoms with van der Waals surface area (Å²) in [6.07, 6.45) is 4.55. The molecule has 1 aliphatic heterocycles. The maximum atomic E-state index is 13.1. The molecule has 1 spiro atoms. The lowest BCUT2D eigenvalue weighted by molar-refractivity contribution is -0.140. The summed E-state index contributed by atoms with van der Waals surface area (Å²) in [6.45, 7) is 1.46.